The first kappa shape index (κ1) is 15.8. The Balaban J connectivity index is 2.07. The predicted octanol–water partition coefficient (Wildman–Crippen LogP) is 0.153. The van der Waals surface area contributed by atoms with E-state index in [1.807, 2.05) is 6.26 Å². The third-order valence-electron chi connectivity index (χ3n) is 3.43. The highest BCUT2D eigenvalue weighted by atomic mass is 32.2. The molecule has 1 atom stereocenters. The minimum Gasteiger partial charge on any atom is -0.394 e. The number of hydrogen-bond donors (Lipinski definition) is 1. The summed E-state index contributed by atoms with van der Waals surface area (Å²) in [6.07, 6.45) is 4.17. The fourth-order valence-corrected chi connectivity index (χ4v) is 4.69. The standard InChI is InChI=1S/C12H21N3O3S2/c1-19-6-2-11-13-12(15(14-11)4-5-16)8-10-3-7-20(17,18)9-10/h10,16H,2-9H2,1H3. The summed E-state index contributed by atoms with van der Waals surface area (Å²) in [7, 11) is -2.86. The molecule has 2 rings (SSSR count). The summed E-state index contributed by atoms with van der Waals surface area (Å²) < 4.78 is 24.7. The average molecular weight is 319 g/mol. The Kier molecular flexibility index (Phi) is 5.45. The van der Waals surface area contributed by atoms with Gasteiger partial charge in [-0.2, -0.15) is 16.9 Å². The molecule has 0 spiro atoms. The van der Waals surface area contributed by atoms with Crippen LogP contribution in [-0.2, 0) is 29.2 Å². The monoisotopic (exact) mass is 319 g/mol. The molecule has 1 fully saturated rings. The van der Waals surface area contributed by atoms with Crippen LogP contribution in [0.5, 0.6) is 0 Å². The Hall–Kier alpha value is -0.600. The van der Waals surface area contributed by atoms with E-state index in [1.165, 1.54) is 0 Å². The number of thioether (sulfide) groups is 1. The molecule has 0 bridgehead atoms. The van der Waals surface area contributed by atoms with Gasteiger partial charge in [0.1, 0.15) is 5.82 Å². The highest BCUT2D eigenvalue weighted by Gasteiger charge is 2.29. The summed E-state index contributed by atoms with van der Waals surface area (Å²) in [6.45, 7) is 0.433. The zero-order valence-corrected chi connectivity index (χ0v) is 13.3. The molecule has 1 aliphatic heterocycles. The third-order valence-corrected chi connectivity index (χ3v) is 5.88. The summed E-state index contributed by atoms with van der Waals surface area (Å²) in [5.74, 6) is 3.21. The summed E-state index contributed by atoms with van der Waals surface area (Å²) in [4.78, 5) is 4.51. The number of nitrogens with zero attached hydrogens (tertiary/aromatic N) is 3. The number of sulfone groups is 1. The van der Waals surface area contributed by atoms with Gasteiger partial charge in [0.15, 0.2) is 15.7 Å². The Morgan fingerprint density at radius 3 is 2.90 bits per heavy atom. The molecule has 1 saturated heterocycles. The summed E-state index contributed by atoms with van der Waals surface area (Å²) in [6, 6.07) is 0. The van der Waals surface area contributed by atoms with Crippen molar-refractivity contribution in [2.45, 2.75) is 25.8 Å². The first-order valence-corrected chi connectivity index (χ1v) is 9.98. The SMILES string of the molecule is CSCCc1nc(CC2CCS(=O)(=O)C2)n(CCO)n1. The van der Waals surface area contributed by atoms with Gasteiger partial charge in [-0.05, 0) is 18.6 Å². The van der Waals surface area contributed by atoms with Crippen molar-refractivity contribution < 1.29 is 13.5 Å². The molecule has 0 amide bonds. The van der Waals surface area contributed by atoms with Crippen molar-refractivity contribution in [3.8, 4) is 0 Å². The third kappa shape index (κ3) is 4.20. The van der Waals surface area contributed by atoms with Crippen molar-refractivity contribution in [3.63, 3.8) is 0 Å². The molecule has 1 aliphatic rings. The first-order chi connectivity index (χ1) is 9.54. The lowest BCUT2D eigenvalue weighted by atomic mass is 10.1. The lowest BCUT2D eigenvalue weighted by molar-refractivity contribution is 0.266. The van der Waals surface area contributed by atoms with E-state index in [1.54, 1.807) is 16.4 Å². The quantitative estimate of drug-likeness (QED) is 0.770. The molecule has 1 aromatic heterocycles. The molecule has 6 nitrogen and oxygen atoms in total. The second-order valence-electron chi connectivity index (χ2n) is 5.11. The zero-order valence-electron chi connectivity index (χ0n) is 11.7. The average Bonchev–Trinajstić information content (AvgIpc) is 2.92. The summed E-state index contributed by atoms with van der Waals surface area (Å²) >= 11 is 1.74. The van der Waals surface area contributed by atoms with Crippen LogP contribution in [0.2, 0.25) is 0 Å². The van der Waals surface area contributed by atoms with Gasteiger partial charge in [-0.3, -0.25) is 0 Å². The van der Waals surface area contributed by atoms with Gasteiger partial charge >= 0.3 is 0 Å². The van der Waals surface area contributed by atoms with Gasteiger partial charge in [0, 0.05) is 18.6 Å². The zero-order chi connectivity index (χ0) is 14.6. The second kappa shape index (κ2) is 6.91. The number of hydrogen-bond acceptors (Lipinski definition) is 6. The fraction of sp³-hybridized carbons (Fsp3) is 0.833. The van der Waals surface area contributed by atoms with Crippen molar-refractivity contribution in [1.29, 1.82) is 0 Å². The largest absolute Gasteiger partial charge is 0.394 e. The minimum atomic E-state index is -2.86. The number of aryl methyl sites for hydroxylation is 1. The van der Waals surface area contributed by atoms with Gasteiger partial charge in [-0.1, -0.05) is 0 Å². The molecular formula is C12H21N3O3S2. The van der Waals surface area contributed by atoms with Crippen LogP contribution in [0.1, 0.15) is 18.1 Å². The van der Waals surface area contributed by atoms with Crippen LogP contribution >= 0.6 is 11.8 Å². The maximum atomic E-state index is 11.5. The Morgan fingerprint density at radius 1 is 1.50 bits per heavy atom. The van der Waals surface area contributed by atoms with Crippen LogP contribution in [0.25, 0.3) is 0 Å². The lowest BCUT2D eigenvalue weighted by Gasteiger charge is -2.07. The maximum absolute atomic E-state index is 11.5. The molecule has 1 N–H and O–H groups in total. The lowest BCUT2D eigenvalue weighted by Crippen LogP contribution is -2.14. The second-order valence-corrected chi connectivity index (χ2v) is 8.32. The Bertz CT molecular complexity index is 542. The first-order valence-electron chi connectivity index (χ1n) is 6.77. The van der Waals surface area contributed by atoms with Gasteiger partial charge in [-0.15, -0.1) is 0 Å². The number of rotatable bonds is 7. The van der Waals surface area contributed by atoms with Crippen LogP contribution in [-0.4, -0.2) is 58.4 Å². The maximum Gasteiger partial charge on any atom is 0.151 e. The van der Waals surface area contributed by atoms with E-state index in [2.05, 4.69) is 10.1 Å². The number of aliphatic hydroxyl groups is 1. The van der Waals surface area contributed by atoms with Gasteiger partial charge in [0.25, 0.3) is 0 Å². The Morgan fingerprint density at radius 2 is 2.30 bits per heavy atom. The normalized spacial score (nSPS) is 21.4. The molecule has 2 heterocycles. The highest BCUT2D eigenvalue weighted by molar-refractivity contribution is 7.98. The Labute approximate surface area is 123 Å². The topological polar surface area (TPSA) is 85.1 Å². The van der Waals surface area contributed by atoms with Crippen molar-refractivity contribution in [2.75, 3.05) is 30.1 Å². The molecule has 1 aromatic rings. The van der Waals surface area contributed by atoms with E-state index >= 15 is 0 Å². The van der Waals surface area contributed by atoms with E-state index < -0.39 is 9.84 Å². The van der Waals surface area contributed by atoms with Crippen LogP contribution in [0.3, 0.4) is 0 Å². The van der Waals surface area contributed by atoms with E-state index in [0.717, 1.165) is 23.8 Å². The van der Waals surface area contributed by atoms with E-state index in [9.17, 15) is 8.42 Å². The van der Waals surface area contributed by atoms with Crippen molar-refractivity contribution in [3.05, 3.63) is 11.6 Å². The number of aliphatic hydroxyl groups excluding tert-OH is 1. The molecule has 114 valence electrons. The smallest absolute Gasteiger partial charge is 0.151 e. The van der Waals surface area contributed by atoms with Gasteiger partial charge < -0.3 is 5.11 Å². The minimum absolute atomic E-state index is 0.0152. The number of aromatic nitrogens is 3. The predicted molar refractivity (Wildman–Crippen MR) is 79.7 cm³/mol. The van der Waals surface area contributed by atoms with E-state index in [0.29, 0.717) is 19.4 Å². The van der Waals surface area contributed by atoms with Crippen LogP contribution in [0.15, 0.2) is 0 Å². The van der Waals surface area contributed by atoms with Gasteiger partial charge in [0.2, 0.25) is 0 Å². The summed E-state index contributed by atoms with van der Waals surface area (Å²) in [5.41, 5.74) is 0. The van der Waals surface area contributed by atoms with Crippen LogP contribution in [0, 0.1) is 5.92 Å². The van der Waals surface area contributed by atoms with Crippen LogP contribution < -0.4 is 0 Å². The molecule has 0 aromatic carbocycles. The molecule has 0 radical (unpaired) electrons. The summed E-state index contributed by atoms with van der Waals surface area (Å²) in [5, 5.41) is 13.5. The highest BCUT2D eigenvalue weighted by Crippen LogP contribution is 2.22. The molecular weight excluding hydrogens is 298 g/mol. The van der Waals surface area contributed by atoms with Crippen molar-refractivity contribution in [1.82, 2.24) is 14.8 Å². The van der Waals surface area contributed by atoms with Crippen LogP contribution in [0.4, 0.5) is 0 Å². The molecule has 20 heavy (non-hydrogen) atoms. The van der Waals surface area contributed by atoms with E-state index in [4.69, 9.17) is 5.11 Å². The van der Waals surface area contributed by atoms with Gasteiger partial charge in [-0.25, -0.2) is 18.1 Å². The van der Waals surface area contributed by atoms with E-state index in [-0.39, 0.29) is 24.0 Å². The fourth-order valence-electron chi connectivity index (χ4n) is 2.44. The van der Waals surface area contributed by atoms with Gasteiger partial charge in [0.05, 0.1) is 24.7 Å². The van der Waals surface area contributed by atoms with Crippen molar-refractivity contribution in [2.24, 2.45) is 5.92 Å². The van der Waals surface area contributed by atoms with Crippen molar-refractivity contribution >= 4 is 21.6 Å². The molecule has 8 heteroatoms. The molecule has 0 saturated carbocycles. The molecule has 1 unspecified atom stereocenters. The molecule has 0 aliphatic carbocycles.